The minimum absolute atomic E-state index is 0. The predicted octanol–water partition coefficient (Wildman–Crippen LogP) is 3.30. The lowest BCUT2D eigenvalue weighted by atomic mass is 10.0. The summed E-state index contributed by atoms with van der Waals surface area (Å²) < 4.78 is 0. The Morgan fingerprint density at radius 3 is 2.35 bits per heavy atom. The second kappa shape index (κ2) is 10.9. The van der Waals surface area contributed by atoms with Gasteiger partial charge in [0.2, 0.25) is 0 Å². The smallest absolute Gasteiger partial charge is 0.189 e. The molecule has 0 rings (SSSR count). The summed E-state index contributed by atoms with van der Waals surface area (Å²) in [4.78, 5) is 4.19. The largest absolute Gasteiger partial charge is 0.370 e. The lowest BCUT2D eigenvalue weighted by Gasteiger charge is -2.15. The van der Waals surface area contributed by atoms with Gasteiger partial charge in [-0.2, -0.15) is 0 Å². The molecular weight excluding hydrogens is 325 g/mol. The molecule has 1 unspecified atom stereocenters. The number of aliphatic imine (C=N–C) groups is 1. The quantitative estimate of drug-likeness (QED) is 0.319. The van der Waals surface area contributed by atoms with Crippen molar-refractivity contribution < 1.29 is 0 Å². The number of hydrogen-bond donors (Lipinski definition) is 2. The van der Waals surface area contributed by atoms with Crippen LogP contribution in [0.3, 0.4) is 0 Å². The summed E-state index contributed by atoms with van der Waals surface area (Å²) >= 11 is 0. The van der Waals surface area contributed by atoms with E-state index in [9.17, 15) is 0 Å². The highest BCUT2D eigenvalue weighted by molar-refractivity contribution is 14.0. The summed E-state index contributed by atoms with van der Waals surface area (Å²) in [7, 11) is 0. The van der Waals surface area contributed by atoms with Crippen LogP contribution in [-0.2, 0) is 0 Å². The zero-order valence-corrected chi connectivity index (χ0v) is 14.0. The fraction of sp³-hybridized carbons (Fsp3) is 0.769. The second-order valence-corrected chi connectivity index (χ2v) is 5.03. The third kappa shape index (κ3) is 13.7. The Hall–Kier alpha value is -0.260. The standard InChI is InChI=1S/C13H27N3.HI/c1-10(2)7-6-8-12(5)16-13(14)15-9-11(3)4;/h10,12H,3,6-9H2,1-2,4-5H3,(H3,14,15,16);1H. The number of guanidine groups is 1. The van der Waals surface area contributed by atoms with Crippen LogP contribution in [0, 0.1) is 5.92 Å². The number of nitrogens with two attached hydrogens (primary N) is 1. The predicted molar refractivity (Wildman–Crippen MR) is 88.0 cm³/mol. The Kier molecular flexibility index (Phi) is 12.2. The number of halogens is 1. The van der Waals surface area contributed by atoms with Gasteiger partial charge in [-0.15, -0.1) is 24.0 Å². The summed E-state index contributed by atoms with van der Waals surface area (Å²) in [5.74, 6) is 1.31. The maximum Gasteiger partial charge on any atom is 0.189 e. The van der Waals surface area contributed by atoms with E-state index < -0.39 is 0 Å². The first-order chi connectivity index (χ1) is 7.41. The van der Waals surface area contributed by atoms with Crippen molar-refractivity contribution in [2.45, 2.75) is 53.0 Å². The van der Waals surface area contributed by atoms with Crippen molar-refractivity contribution in [3.05, 3.63) is 12.2 Å². The van der Waals surface area contributed by atoms with Crippen LogP contribution in [-0.4, -0.2) is 18.5 Å². The van der Waals surface area contributed by atoms with Crippen molar-refractivity contribution in [2.75, 3.05) is 6.54 Å². The molecule has 17 heavy (non-hydrogen) atoms. The summed E-state index contributed by atoms with van der Waals surface area (Å²) in [6.07, 6.45) is 3.65. The topological polar surface area (TPSA) is 50.4 Å². The van der Waals surface area contributed by atoms with Crippen molar-refractivity contribution in [2.24, 2.45) is 16.6 Å². The lowest BCUT2D eigenvalue weighted by molar-refractivity contribution is 0.493. The van der Waals surface area contributed by atoms with Crippen LogP contribution in [0.4, 0.5) is 0 Å². The summed E-state index contributed by atoms with van der Waals surface area (Å²) in [6.45, 7) is 13.0. The molecule has 0 aromatic heterocycles. The summed E-state index contributed by atoms with van der Waals surface area (Å²) in [5.41, 5.74) is 6.78. The van der Waals surface area contributed by atoms with Gasteiger partial charge in [0.05, 0.1) is 6.54 Å². The molecule has 0 spiro atoms. The van der Waals surface area contributed by atoms with Gasteiger partial charge in [0.15, 0.2) is 5.96 Å². The molecule has 1 atom stereocenters. The molecule has 0 aliphatic rings. The fourth-order valence-corrected chi connectivity index (χ4v) is 1.42. The Labute approximate surface area is 123 Å². The van der Waals surface area contributed by atoms with Crippen molar-refractivity contribution in [3.63, 3.8) is 0 Å². The SMILES string of the molecule is C=C(C)CN=C(N)NC(C)CCCC(C)C.I. The van der Waals surface area contributed by atoms with Gasteiger partial charge in [-0.25, -0.2) is 4.99 Å². The average Bonchev–Trinajstić information content (AvgIpc) is 2.14. The van der Waals surface area contributed by atoms with Crippen LogP contribution < -0.4 is 11.1 Å². The summed E-state index contributed by atoms with van der Waals surface area (Å²) in [6, 6.07) is 0.396. The van der Waals surface area contributed by atoms with Crippen LogP contribution in [0.25, 0.3) is 0 Å². The minimum atomic E-state index is 0. The Morgan fingerprint density at radius 1 is 1.29 bits per heavy atom. The van der Waals surface area contributed by atoms with Crippen LogP contribution in [0.2, 0.25) is 0 Å². The highest BCUT2D eigenvalue weighted by Crippen LogP contribution is 2.07. The van der Waals surface area contributed by atoms with Crippen LogP contribution in [0.15, 0.2) is 17.1 Å². The molecule has 0 aromatic rings. The number of rotatable bonds is 7. The highest BCUT2D eigenvalue weighted by Gasteiger charge is 2.03. The monoisotopic (exact) mass is 353 g/mol. The zero-order chi connectivity index (χ0) is 12.6. The molecule has 3 N–H and O–H groups in total. The van der Waals surface area contributed by atoms with E-state index in [0.717, 1.165) is 17.9 Å². The third-order valence-corrected chi connectivity index (χ3v) is 2.33. The minimum Gasteiger partial charge on any atom is -0.370 e. The molecule has 3 nitrogen and oxygen atoms in total. The molecule has 0 aromatic carbocycles. The van der Waals surface area contributed by atoms with Crippen molar-refractivity contribution in [1.29, 1.82) is 0 Å². The molecule has 0 amide bonds. The zero-order valence-electron chi connectivity index (χ0n) is 11.6. The molecule has 102 valence electrons. The average molecular weight is 353 g/mol. The van der Waals surface area contributed by atoms with Crippen LogP contribution in [0.1, 0.15) is 47.0 Å². The first-order valence-electron chi connectivity index (χ1n) is 6.12. The van der Waals surface area contributed by atoms with E-state index in [-0.39, 0.29) is 24.0 Å². The van der Waals surface area contributed by atoms with Crippen LogP contribution in [0.5, 0.6) is 0 Å². The maximum atomic E-state index is 5.75. The molecule has 0 saturated carbocycles. The third-order valence-electron chi connectivity index (χ3n) is 2.33. The Balaban J connectivity index is 0. The van der Waals surface area contributed by atoms with Crippen molar-refractivity contribution >= 4 is 29.9 Å². The maximum absolute atomic E-state index is 5.75. The lowest BCUT2D eigenvalue weighted by Crippen LogP contribution is -2.38. The van der Waals surface area contributed by atoms with Gasteiger partial charge in [0.1, 0.15) is 0 Å². The Morgan fingerprint density at radius 2 is 1.88 bits per heavy atom. The molecule has 0 radical (unpaired) electrons. The van der Waals surface area contributed by atoms with E-state index in [4.69, 9.17) is 5.73 Å². The van der Waals surface area contributed by atoms with E-state index in [1.165, 1.54) is 12.8 Å². The van der Waals surface area contributed by atoms with E-state index in [1.54, 1.807) is 0 Å². The molecule has 0 saturated heterocycles. The first-order valence-corrected chi connectivity index (χ1v) is 6.12. The molecular formula is C13H28IN3. The van der Waals surface area contributed by atoms with Gasteiger partial charge in [0, 0.05) is 6.04 Å². The summed E-state index contributed by atoms with van der Waals surface area (Å²) in [5, 5.41) is 3.20. The highest BCUT2D eigenvalue weighted by atomic mass is 127. The molecule has 0 aliphatic carbocycles. The van der Waals surface area contributed by atoms with E-state index in [0.29, 0.717) is 18.5 Å². The number of nitrogens with one attached hydrogen (secondary N) is 1. The number of hydrogen-bond acceptors (Lipinski definition) is 1. The number of nitrogens with zero attached hydrogens (tertiary/aromatic N) is 1. The molecule has 0 fully saturated rings. The van der Waals surface area contributed by atoms with E-state index in [1.807, 2.05) is 6.92 Å². The molecule has 0 heterocycles. The normalized spacial score (nSPS) is 13.1. The fourth-order valence-electron chi connectivity index (χ4n) is 1.42. The van der Waals surface area contributed by atoms with Gasteiger partial charge < -0.3 is 11.1 Å². The first kappa shape index (κ1) is 19.1. The van der Waals surface area contributed by atoms with Crippen molar-refractivity contribution in [1.82, 2.24) is 5.32 Å². The van der Waals surface area contributed by atoms with E-state index >= 15 is 0 Å². The van der Waals surface area contributed by atoms with Gasteiger partial charge in [-0.1, -0.05) is 38.8 Å². The van der Waals surface area contributed by atoms with Gasteiger partial charge >= 0.3 is 0 Å². The molecule has 0 bridgehead atoms. The molecule has 0 aliphatic heterocycles. The second-order valence-electron chi connectivity index (χ2n) is 5.03. The van der Waals surface area contributed by atoms with Gasteiger partial charge in [-0.3, -0.25) is 0 Å². The van der Waals surface area contributed by atoms with Crippen molar-refractivity contribution in [3.8, 4) is 0 Å². The van der Waals surface area contributed by atoms with Gasteiger partial charge in [-0.05, 0) is 26.2 Å². The Bertz CT molecular complexity index is 237. The van der Waals surface area contributed by atoms with E-state index in [2.05, 4.69) is 37.7 Å². The van der Waals surface area contributed by atoms with Gasteiger partial charge in [0.25, 0.3) is 0 Å². The van der Waals surface area contributed by atoms with Crippen LogP contribution >= 0.6 is 24.0 Å². The molecule has 4 heteroatoms.